The number of aryl methyl sites for hydroxylation is 1. The molecule has 2 aromatic heterocycles. The molecule has 0 atom stereocenters. The molecule has 0 aliphatic heterocycles. The number of anilines is 1. The summed E-state index contributed by atoms with van der Waals surface area (Å²) in [7, 11) is -3.84. The van der Waals surface area contributed by atoms with E-state index in [1.807, 2.05) is 48.9 Å². The topological polar surface area (TPSA) is 76.9 Å². The van der Waals surface area contributed by atoms with E-state index >= 15 is 0 Å². The molecule has 0 saturated heterocycles. The van der Waals surface area contributed by atoms with Gasteiger partial charge < -0.3 is 0 Å². The number of pyridine rings is 1. The molecule has 0 aliphatic rings. The number of hydrogen-bond donors (Lipinski definition) is 1. The number of aromatic nitrogens is 3. The number of sulfonamides is 1. The molecule has 3 aromatic carbocycles. The van der Waals surface area contributed by atoms with E-state index in [4.69, 9.17) is 0 Å². The zero-order valence-electron chi connectivity index (χ0n) is 17.8. The van der Waals surface area contributed by atoms with Crippen LogP contribution in [-0.4, -0.2) is 23.2 Å². The van der Waals surface area contributed by atoms with Crippen molar-refractivity contribution in [3.63, 3.8) is 0 Å². The normalized spacial score (nSPS) is 11.8. The minimum atomic E-state index is -3.84. The fraction of sp³-hybridized carbons (Fsp3) is 0.120. The van der Waals surface area contributed by atoms with Gasteiger partial charge in [-0.25, -0.2) is 8.42 Å². The summed E-state index contributed by atoms with van der Waals surface area (Å²) in [5, 5.41) is 7.72. The second kappa shape index (κ2) is 7.76. The summed E-state index contributed by atoms with van der Waals surface area (Å²) in [6.45, 7) is 4.24. The maximum absolute atomic E-state index is 13.3. The number of rotatable bonds is 5. The Bertz CT molecular complexity index is 1560. The van der Waals surface area contributed by atoms with Crippen LogP contribution in [-0.2, 0) is 16.6 Å². The highest BCUT2D eigenvalue weighted by atomic mass is 32.2. The van der Waals surface area contributed by atoms with Crippen molar-refractivity contribution in [1.82, 2.24) is 14.8 Å². The molecule has 5 aromatic rings. The lowest BCUT2D eigenvalue weighted by Crippen LogP contribution is -2.15. The minimum absolute atomic E-state index is 0.149. The largest absolute Gasteiger partial charge is 0.276 e. The third kappa shape index (κ3) is 3.50. The fourth-order valence-corrected chi connectivity index (χ4v) is 5.43. The van der Waals surface area contributed by atoms with Gasteiger partial charge in [0.05, 0.1) is 29.1 Å². The molecule has 0 fully saturated rings. The fourth-order valence-electron chi connectivity index (χ4n) is 4.07. The first-order chi connectivity index (χ1) is 15.4. The lowest BCUT2D eigenvalue weighted by atomic mass is 10.0. The first kappa shape index (κ1) is 20.2. The summed E-state index contributed by atoms with van der Waals surface area (Å²) in [5.41, 5.74) is 3.45. The number of para-hydroxylation sites is 1. The molecule has 0 saturated carbocycles. The summed E-state index contributed by atoms with van der Waals surface area (Å²) < 4.78 is 31.1. The van der Waals surface area contributed by atoms with Crippen LogP contribution in [0.4, 0.5) is 5.69 Å². The second-order valence-corrected chi connectivity index (χ2v) is 9.43. The van der Waals surface area contributed by atoms with Gasteiger partial charge in [0.25, 0.3) is 10.0 Å². The van der Waals surface area contributed by atoms with E-state index in [0.29, 0.717) is 23.4 Å². The van der Waals surface area contributed by atoms with E-state index in [0.717, 1.165) is 27.4 Å². The van der Waals surface area contributed by atoms with Crippen molar-refractivity contribution in [2.45, 2.75) is 25.3 Å². The Morgan fingerprint density at radius 2 is 1.59 bits per heavy atom. The lowest BCUT2D eigenvalue weighted by molar-refractivity contribution is 0.601. The van der Waals surface area contributed by atoms with Gasteiger partial charge >= 0.3 is 0 Å². The summed E-state index contributed by atoms with van der Waals surface area (Å²) in [5.74, 6) is 0. The van der Waals surface area contributed by atoms with E-state index in [-0.39, 0.29) is 4.90 Å². The maximum Gasteiger partial charge on any atom is 0.264 e. The van der Waals surface area contributed by atoms with Crippen LogP contribution in [0, 0.1) is 13.8 Å². The Hall–Kier alpha value is -3.71. The van der Waals surface area contributed by atoms with Gasteiger partial charge in [-0.05, 0) is 42.3 Å². The van der Waals surface area contributed by atoms with Crippen molar-refractivity contribution in [1.29, 1.82) is 0 Å². The second-order valence-electron chi connectivity index (χ2n) is 7.78. The molecular weight excluding hydrogens is 420 g/mol. The molecule has 0 radical (unpaired) electrons. The maximum atomic E-state index is 13.3. The van der Waals surface area contributed by atoms with Crippen molar-refractivity contribution in [3.05, 3.63) is 95.9 Å². The van der Waals surface area contributed by atoms with E-state index in [1.54, 1.807) is 24.4 Å². The van der Waals surface area contributed by atoms with E-state index in [1.165, 1.54) is 0 Å². The first-order valence-electron chi connectivity index (χ1n) is 10.3. The molecule has 1 N–H and O–H groups in total. The van der Waals surface area contributed by atoms with Gasteiger partial charge in [-0.1, -0.05) is 60.7 Å². The molecule has 0 aliphatic carbocycles. The van der Waals surface area contributed by atoms with Gasteiger partial charge in [0, 0.05) is 11.6 Å². The van der Waals surface area contributed by atoms with Crippen LogP contribution in [0.1, 0.15) is 17.0 Å². The average molecular weight is 443 g/mol. The van der Waals surface area contributed by atoms with Gasteiger partial charge in [0.2, 0.25) is 0 Å². The van der Waals surface area contributed by atoms with Gasteiger partial charge in [0.1, 0.15) is 4.90 Å². The molecule has 160 valence electrons. The Morgan fingerprint density at radius 1 is 0.875 bits per heavy atom. The lowest BCUT2D eigenvalue weighted by Gasteiger charge is -2.11. The van der Waals surface area contributed by atoms with Gasteiger partial charge in [-0.15, -0.1) is 0 Å². The predicted molar refractivity (Wildman–Crippen MR) is 127 cm³/mol. The average Bonchev–Trinajstić information content (AvgIpc) is 3.06. The summed E-state index contributed by atoms with van der Waals surface area (Å²) in [4.78, 5) is 4.43. The van der Waals surface area contributed by atoms with Crippen LogP contribution in [0.3, 0.4) is 0 Å². The molecule has 6 nitrogen and oxygen atoms in total. The number of fused-ring (bicyclic) bond motifs is 2. The van der Waals surface area contributed by atoms with Crippen LogP contribution in [0.15, 0.2) is 83.9 Å². The Kier molecular flexibility index (Phi) is 4.90. The Labute approximate surface area is 186 Å². The van der Waals surface area contributed by atoms with E-state index in [2.05, 4.69) is 39.1 Å². The van der Waals surface area contributed by atoms with Crippen LogP contribution < -0.4 is 4.72 Å². The minimum Gasteiger partial charge on any atom is -0.276 e. The van der Waals surface area contributed by atoms with Crippen molar-refractivity contribution in [2.24, 2.45) is 0 Å². The van der Waals surface area contributed by atoms with Crippen molar-refractivity contribution in [3.8, 4) is 0 Å². The van der Waals surface area contributed by atoms with Crippen LogP contribution in [0.25, 0.3) is 21.7 Å². The summed E-state index contributed by atoms with van der Waals surface area (Å²) >= 11 is 0. The van der Waals surface area contributed by atoms with Crippen LogP contribution in [0.5, 0.6) is 0 Å². The molecule has 32 heavy (non-hydrogen) atoms. The molecule has 2 heterocycles. The number of hydrogen-bond acceptors (Lipinski definition) is 4. The third-order valence-electron chi connectivity index (χ3n) is 5.70. The number of benzene rings is 3. The molecule has 0 spiro atoms. The molecular formula is C25H22N4O2S. The first-order valence-corrected chi connectivity index (χ1v) is 11.8. The predicted octanol–water partition coefficient (Wildman–Crippen LogP) is 5.05. The highest BCUT2D eigenvalue weighted by Gasteiger charge is 2.22. The highest BCUT2D eigenvalue weighted by molar-refractivity contribution is 7.93. The van der Waals surface area contributed by atoms with Gasteiger partial charge in [-0.2, -0.15) is 5.10 Å². The van der Waals surface area contributed by atoms with Crippen molar-refractivity contribution < 1.29 is 8.42 Å². The molecule has 5 rings (SSSR count). The molecule has 0 bridgehead atoms. The van der Waals surface area contributed by atoms with Gasteiger partial charge in [-0.3, -0.25) is 14.4 Å². The van der Waals surface area contributed by atoms with Crippen molar-refractivity contribution in [2.75, 3.05) is 4.72 Å². The Balaban J connectivity index is 1.52. The SMILES string of the molecule is Cc1nn(Cc2cccc3ccccc23)c(C)c1NS(=O)(=O)c1cccc2cccnc12. The zero-order valence-corrected chi connectivity index (χ0v) is 18.6. The summed E-state index contributed by atoms with van der Waals surface area (Å²) in [6, 6.07) is 23.2. The summed E-state index contributed by atoms with van der Waals surface area (Å²) in [6.07, 6.45) is 1.60. The third-order valence-corrected chi connectivity index (χ3v) is 7.08. The Morgan fingerprint density at radius 3 is 2.47 bits per heavy atom. The van der Waals surface area contributed by atoms with E-state index < -0.39 is 10.0 Å². The van der Waals surface area contributed by atoms with E-state index in [9.17, 15) is 8.42 Å². The number of nitrogens with one attached hydrogen (secondary N) is 1. The van der Waals surface area contributed by atoms with Crippen LogP contribution >= 0.6 is 0 Å². The zero-order chi connectivity index (χ0) is 22.3. The smallest absolute Gasteiger partial charge is 0.264 e. The quantitative estimate of drug-likeness (QED) is 0.413. The molecule has 0 unspecified atom stereocenters. The van der Waals surface area contributed by atoms with Crippen molar-refractivity contribution >= 4 is 37.4 Å². The van der Waals surface area contributed by atoms with Gasteiger partial charge in [0.15, 0.2) is 0 Å². The number of nitrogens with zero attached hydrogens (tertiary/aromatic N) is 3. The van der Waals surface area contributed by atoms with Crippen LogP contribution in [0.2, 0.25) is 0 Å². The highest BCUT2D eigenvalue weighted by Crippen LogP contribution is 2.28. The molecule has 0 amide bonds. The monoisotopic (exact) mass is 442 g/mol. The standard InChI is InChI=1S/C25H22N4O2S/c1-17-24(28-32(30,31)23-14-6-10-20-12-7-15-26-25(20)23)18(2)29(27-17)16-21-11-5-9-19-8-3-4-13-22(19)21/h3-15,28H,16H2,1-2H3. The molecule has 7 heteroatoms.